The summed E-state index contributed by atoms with van der Waals surface area (Å²) in [7, 11) is 0. The Bertz CT molecular complexity index is 500. The van der Waals surface area contributed by atoms with Crippen LogP contribution in [-0.4, -0.2) is 41.2 Å². The number of rotatable bonds is 2. The van der Waals surface area contributed by atoms with Crippen LogP contribution in [0.15, 0.2) is 27.6 Å². The molecule has 6 heteroatoms. The number of hydrogen-bond acceptors (Lipinski definition) is 3. The Morgan fingerprint density at radius 2 is 2.33 bits per heavy atom. The quantitative estimate of drug-likeness (QED) is 0.813. The van der Waals surface area contributed by atoms with E-state index in [0.29, 0.717) is 19.8 Å². The van der Waals surface area contributed by atoms with Gasteiger partial charge in [0.1, 0.15) is 6.54 Å². The fraction of sp³-hybridized carbons (Fsp3) is 0.500. The van der Waals surface area contributed by atoms with Gasteiger partial charge in [0.05, 0.1) is 19.3 Å². The van der Waals surface area contributed by atoms with Crippen molar-refractivity contribution in [3.63, 3.8) is 0 Å². The Morgan fingerprint density at radius 1 is 1.56 bits per heavy atom. The van der Waals surface area contributed by atoms with Crippen LogP contribution in [0.3, 0.4) is 0 Å². The molecule has 2 heterocycles. The third-order valence-corrected chi connectivity index (χ3v) is 3.41. The number of morpholine rings is 1. The largest absolute Gasteiger partial charge is 0.377 e. The van der Waals surface area contributed by atoms with Crippen molar-refractivity contribution in [2.45, 2.75) is 19.5 Å². The van der Waals surface area contributed by atoms with Crippen molar-refractivity contribution in [1.82, 2.24) is 9.47 Å². The zero-order chi connectivity index (χ0) is 13.1. The summed E-state index contributed by atoms with van der Waals surface area (Å²) >= 11 is 3.29. The van der Waals surface area contributed by atoms with Gasteiger partial charge in [0.25, 0.3) is 5.56 Å². The maximum absolute atomic E-state index is 12.1. The number of hydrogen-bond donors (Lipinski definition) is 0. The van der Waals surface area contributed by atoms with Crippen LogP contribution in [0, 0.1) is 0 Å². The lowest BCUT2D eigenvalue weighted by Gasteiger charge is -2.33. The molecule has 2 rings (SSSR count). The average molecular weight is 315 g/mol. The van der Waals surface area contributed by atoms with Crippen molar-refractivity contribution in [2.24, 2.45) is 0 Å². The third-order valence-electron chi connectivity index (χ3n) is 2.94. The molecule has 0 bridgehead atoms. The van der Waals surface area contributed by atoms with E-state index in [1.165, 1.54) is 10.6 Å². The summed E-state index contributed by atoms with van der Waals surface area (Å²) in [6.07, 6.45) is 1.63. The molecule has 1 amide bonds. The van der Waals surface area contributed by atoms with Gasteiger partial charge >= 0.3 is 0 Å². The molecule has 0 unspecified atom stereocenters. The number of carbonyl (C=O) groups excluding carboxylic acids is 1. The van der Waals surface area contributed by atoms with Gasteiger partial charge < -0.3 is 14.2 Å². The predicted octanol–water partition coefficient (Wildman–Crippen LogP) is 0.858. The number of halogens is 1. The first-order valence-electron chi connectivity index (χ1n) is 5.81. The summed E-state index contributed by atoms with van der Waals surface area (Å²) in [5, 5.41) is 0. The summed E-state index contributed by atoms with van der Waals surface area (Å²) in [5.41, 5.74) is -0.174. The molecule has 0 aromatic carbocycles. The molecular weight excluding hydrogens is 300 g/mol. The smallest absolute Gasteiger partial charge is 0.251 e. The molecule has 0 saturated carbocycles. The summed E-state index contributed by atoms with van der Waals surface area (Å²) in [6.45, 7) is 3.72. The molecule has 1 saturated heterocycles. The van der Waals surface area contributed by atoms with Crippen molar-refractivity contribution >= 4 is 21.8 Å². The van der Waals surface area contributed by atoms with Crippen molar-refractivity contribution in [1.29, 1.82) is 0 Å². The molecule has 0 radical (unpaired) electrons. The topological polar surface area (TPSA) is 51.5 Å². The number of amides is 1. The van der Waals surface area contributed by atoms with Crippen LogP contribution in [-0.2, 0) is 16.1 Å². The molecule has 0 aliphatic carbocycles. The molecule has 0 N–H and O–H groups in total. The lowest BCUT2D eigenvalue weighted by Crippen LogP contribution is -2.48. The SMILES string of the molecule is C[C@@H]1COCCN1C(=O)Cn1cc(Br)ccc1=O. The average Bonchev–Trinajstić information content (AvgIpc) is 2.34. The van der Waals surface area contributed by atoms with E-state index >= 15 is 0 Å². The lowest BCUT2D eigenvalue weighted by atomic mass is 10.2. The van der Waals surface area contributed by atoms with Crippen LogP contribution < -0.4 is 5.56 Å². The van der Waals surface area contributed by atoms with Gasteiger partial charge in [0.2, 0.25) is 5.91 Å². The molecule has 1 aromatic heterocycles. The van der Waals surface area contributed by atoms with Gasteiger partial charge in [-0.25, -0.2) is 0 Å². The molecule has 1 aliphatic rings. The Labute approximate surface area is 113 Å². The summed E-state index contributed by atoms with van der Waals surface area (Å²) in [5.74, 6) is -0.0500. The van der Waals surface area contributed by atoms with Gasteiger partial charge in [-0.05, 0) is 28.9 Å². The Hall–Kier alpha value is -1.14. The van der Waals surface area contributed by atoms with E-state index in [0.717, 1.165) is 4.47 Å². The van der Waals surface area contributed by atoms with E-state index in [-0.39, 0.29) is 24.1 Å². The van der Waals surface area contributed by atoms with Crippen molar-refractivity contribution in [3.05, 3.63) is 33.2 Å². The van der Waals surface area contributed by atoms with E-state index in [1.807, 2.05) is 6.92 Å². The summed E-state index contributed by atoms with van der Waals surface area (Å²) in [6, 6.07) is 3.18. The second-order valence-electron chi connectivity index (χ2n) is 4.32. The van der Waals surface area contributed by atoms with E-state index in [1.54, 1.807) is 17.2 Å². The van der Waals surface area contributed by atoms with Crippen molar-refractivity contribution in [3.8, 4) is 0 Å². The molecule has 5 nitrogen and oxygen atoms in total. The maximum atomic E-state index is 12.1. The molecule has 1 aliphatic heterocycles. The maximum Gasteiger partial charge on any atom is 0.251 e. The van der Waals surface area contributed by atoms with Crippen LogP contribution in [0.25, 0.3) is 0 Å². The third kappa shape index (κ3) is 3.00. The van der Waals surface area contributed by atoms with Gasteiger partial charge in [-0.15, -0.1) is 0 Å². The van der Waals surface area contributed by atoms with Crippen LogP contribution in [0.1, 0.15) is 6.92 Å². The van der Waals surface area contributed by atoms with E-state index in [2.05, 4.69) is 15.9 Å². The molecule has 0 spiro atoms. The Balaban J connectivity index is 2.11. The van der Waals surface area contributed by atoms with Crippen LogP contribution in [0.2, 0.25) is 0 Å². The highest BCUT2D eigenvalue weighted by Crippen LogP contribution is 2.08. The van der Waals surface area contributed by atoms with Crippen molar-refractivity contribution < 1.29 is 9.53 Å². The molecule has 1 fully saturated rings. The monoisotopic (exact) mass is 314 g/mol. The molecule has 98 valence electrons. The van der Waals surface area contributed by atoms with Crippen LogP contribution in [0.5, 0.6) is 0 Å². The fourth-order valence-corrected chi connectivity index (χ4v) is 2.34. The van der Waals surface area contributed by atoms with Gasteiger partial charge in [0, 0.05) is 23.3 Å². The number of nitrogens with zero attached hydrogens (tertiary/aromatic N) is 2. The van der Waals surface area contributed by atoms with Gasteiger partial charge in [-0.3, -0.25) is 9.59 Å². The standard InChI is InChI=1S/C12H15BrN2O3/c1-9-8-18-5-4-15(9)12(17)7-14-6-10(13)2-3-11(14)16/h2-3,6,9H,4-5,7-8H2,1H3/t9-/m1/s1. The molecule has 18 heavy (non-hydrogen) atoms. The van der Waals surface area contributed by atoms with Crippen LogP contribution in [0.4, 0.5) is 0 Å². The van der Waals surface area contributed by atoms with Gasteiger partial charge in [-0.1, -0.05) is 0 Å². The van der Waals surface area contributed by atoms with Gasteiger partial charge in [0.15, 0.2) is 0 Å². The lowest BCUT2D eigenvalue weighted by molar-refractivity contribution is -0.139. The first kappa shape index (κ1) is 13.3. The number of pyridine rings is 1. The number of carbonyl (C=O) groups is 1. The number of ether oxygens (including phenoxy) is 1. The normalized spacial score (nSPS) is 19.9. The molecule has 1 aromatic rings. The minimum Gasteiger partial charge on any atom is -0.377 e. The highest BCUT2D eigenvalue weighted by molar-refractivity contribution is 9.10. The molecule has 1 atom stereocenters. The fourth-order valence-electron chi connectivity index (χ4n) is 1.96. The summed E-state index contributed by atoms with van der Waals surface area (Å²) in [4.78, 5) is 25.5. The highest BCUT2D eigenvalue weighted by Gasteiger charge is 2.23. The zero-order valence-corrected chi connectivity index (χ0v) is 11.7. The van der Waals surface area contributed by atoms with Crippen LogP contribution >= 0.6 is 15.9 Å². The van der Waals surface area contributed by atoms with Crippen molar-refractivity contribution in [2.75, 3.05) is 19.8 Å². The number of aromatic nitrogens is 1. The van der Waals surface area contributed by atoms with E-state index in [4.69, 9.17) is 4.74 Å². The predicted molar refractivity (Wildman–Crippen MR) is 70.4 cm³/mol. The minimum absolute atomic E-state index is 0.0500. The minimum atomic E-state index is -0.174. The van der Waals surface area contributed by atoms with E-state index < -0.39 is 0 Å². The second kappa shape index (κ2) is 5.67. The second-order valence-corrected chi connectivity index (χ2v) is 5.24. The Morgan fingerprint density at radius 3 is 3.06 bits per heavy atom. The Kier molecular flexibility index (Phi) is 4.19. The zero-order valence-electron chi connectivity index (χ0n) is 10.1. The highest BCUT2D eigenvalue weighted by atomic mass is 79.9. The first-order chi connectivity index (χ1) is 8.58. The van der Waals surface area contributed by atoms with E-state index in [9.17, 15) is 9.59 Å². The molecular formula is C12H15BrN2O3. The van der Waals surface area contributed by atoms with Gasteiger partial charge in [-0.2, -0.15) is 0 Å². The summed E-state index contributed by atoms with van der Waals surface area (Å²) < 4.78 is 7.48. The first-order valence-corrected chi connectivity index (χ1v) is 6.60.